The summed E-state index contributed by atoms with van der Waals surface area (Å²) in [5.41, 5.74) is 13.5. The van der Waals surface area contributed by atoms with Gasteiger partial charge in [-0.25, -0.2) is 9.97 Å². The molecule has 6 nitrogen and oxygen atoms in total. The van der Waals surface area contributed by atoms with E-state index in [-0.39, 0.29) is 0 Å². The Morgan fingerprint density at radius 2 is 0.732 bits per heavy atom. The van der Waals surface area contributed by atoms with Crippen molar-refractivity contribution in [3.8, 4) is 56.4 Å². The van der Waals surface area contributed by atoms with Crippen molar-refractivity contribution in [2.24, 2.45) is 0 Å². The fourth-order valence-corrected chi connectivity index (χ4v) is 8.13. The van der Waals surface area contributed by atoms with Crippen LogP contribution in [-0.2, 0) is 0 Å². The molecular formula is C50H32N6. The summed E-state index contributed by atoms with van der Waals surface area (Å²) < 4.78 is 4.80. The van der Waals surface area contributed by atoms with Gasteiger partial charge in [0.1, 0.15) is 0 Å². The van der Waals surface area contributed by atoms with E-state index in [1.807, 2.05) is 42.7 Å². The van der Waals surface area contributed by atoms with Crippen molar-refractivity contribution in [1.82, 2.24) is 29.1 Å². The Hall–Kier alpha value is -7.70. The number of benzene rings is 6. The molecule has 56 heavy (non-hydrogen) atoms. The van der Waals surface area contributed by atoms with Gasteiger partial charge in [0.15, 0.2) is 5.82 Å². The zero-order valence-electron chi connectivity index (χ0n) is 30.2. The van der Waals surface area contributed by atoms with Crippen molar-refractivity contribution in [2.45, 2.75) is 0 Å². The second-order valence-electron chi connectivity index (χ2n) is 14.0. The molecule has 0 atom stereocenters. The number of rotatable bonds is 6. The Morgan fingerprint density at radius 3 is 1.14 bits per heavy atom. The second kappa shape index (κ2) is 13.0. The van der Waals surface area contributed by atoms with Crippen LogP contribution in [0.3, 0.4) is 0 Å². The van der Waals surface area contributed by atoms with E-state index in [1.165, 1.54) is 43.6 Å². The van der Waals surface area contributed by atoms with Gasteiger partial charge in [0.05, 0.1) is 33.5 Å². The van der Waals surface area contributed by atoms with E-state index in [2.05, 4.69) is 159 Å². The van der Waals surface area contributed by atoms with Crippen molar-refractivity contribution in [3.63, 3.8) is 0 Å². The van der Waals surface area contributed by atoms with Gasteiger partial charge < -0.3 is 9.13 Å². The van der Waals surface area contributed by atoms with Gasteiger partial charge in [-0.2, -0.15) is 0 Å². The number of hydrogen-bond acceptors (Lipinski definition) is 4. The molecule has 0 bridgehead atoms. The van der Waals surface area contributed by atoms with Crippen LogP contribution in [0.1, 0.15) is 0 Å². The average Bonchev–Trinajstić information content (AvgIpc) is 3.80. The highest BCUT2D eigenvalue weighted by Crippen LogP contribution is 2.38. The molecule has 0 aliphatic rings. The molecule has 0 amide bonds. The van der Waals surface area contributed by atoms with Gasteiger partial charge in [0, 0.05) is 74.4 Å². The molecule has 6 heteroatoms. The molecule has 0 N–H and O–H groups in total. The van der Waals surface area contributed by atoms with Crippen molar-refractivity contribution in [2.75, 3.05) is 0 Å². The van der Waals surface area contributed by atoms with Gasteiger partial charge in [0.2, 0.25) is 0 Å². The van der Waals surface area contributed by atoms with E-state index >= 15 is 0 Å². The largest absolute Gasteiger partial charge is 0.309 e. The van der Waals surface area contributed by atoms with Gasteiger partial charge in [-0.15, -0.1) is 0 Å². The Kier molecular flexibility index (Phi) is 7.38. The first-order valence-electron chi connectivity index (χ1n) is 18.7. The Labute approximate surface area is 322 Å². The Morgan fingerprint density at radius 1 is 0.321 bits per heavy atom. The van der Waals surface area contributed by atoms with Gasteiger partial charge in [0.25, 0.3) is 0 Å². The minimum absolute atomic E-state index is 0.641. The lowest BCUT2D eigenvalue weighted by atomic mass is 10.0. The molecule has 0 saturated heterocycles. The molecule has 0 radical (unpaired) electrons. The van der Waals surface area contributed by atoms with E-state index in [1.54, 1.807) is 12.4 Å². The maximum Gasteiger partial charge on any atom is 0.160 e. The number of para-hydroxylation sites is 4. The van der Waals surface area contributed by atoms with Crippen LogP contribution in [0.2, 0.25) is 0 Å². The third kappa shape index (κ3) is 5.27. The predicted molar refractivity (Wildman–Crippen MR) is 228 cm³/mol. The van der Waals surface area contributed by atoms with Gasteiger partial charge in [-0.1, -0.05) is 97.1 Å². The maximum absolute atomic E-state index is 5.04. The summed E-state index contributed by atoms with van der Waals surface area (Å²) in [5, 5.41) is 4.93. The molecule has 5 aromatic heterocycles. The fraction of sp³-hybridized carbons (Fsp3) is 0. The molecule has 0 aliphatic heterocycles. The molecule has 0 aliphatic carbocycles. The summed E-state index contributed by atoms with van der Waals surface area (Å²) in [6.07, 6.45) is 7.22. The molecule has 5 heterocycles. The third-order valence-electron chi connectivity index (χ3n) is 10.7. The molecule has 262 valence electrons. The molecule has 0 saturated carbocycles. The van der Waals surface area contributed by atoms with Crippen molar-refractivity contribution in [1.29, 1.82) is 0 Å². The first-order chi connectivity index (χ1) is 27.8. The number of nitrogens with zero attached hydrogens (tertiary/aromatic N) is 6. The zero-order valence-corrected chi connectivity index (χ0v) is 30.2. The summed E-state index contributed by atoms with van der Waals surface area (Å²) in [6.45, 7) is 0. The quantitative estimate of drug-likeness (QED) is 0.172. The monoisotopic (exact) mass is 716 g/mol. The highest BCUT2D eigenvalue weighted by atomic mass is 15.0. The summed E-state index contributed by atoms with van der Waals surface area (Å²) in [6, 6.07) is 60.2. The van der Waals surface area contributed by atoms with Crippen molar-refractivity contribution >= 4 is 43.6 Å². The molecule has 0 unspecified atom stereocenters. The number of fused-ring (bicyclic) bond motifs is 6. The predicted octanol–water partition coefficient (Wildman–Crippen LogP) is 12.1. The first-order valence-corrected chi connectivity index (χ1v) is 18.7. The minimum Gasteiger partial charge on any atom is -0.309 e. The molecule has 0 spiro atoms. The van der Waals surface area contributed by atoms with E-state index in [0.29, 0.717) is 5.82 Å². The van der Waals surface area contributed by atoms with E-state index in [9.17, 15) is 0 Å². The highest BCUT2D eigenvalue weighted by molar-refractivity contribution is 6.10. The molecular weight excluding hydrogens is 685 g/mol. The lowest BCUT2D eigenvalue weighted by molar-refractivity contribution is 1.13. The summed E-state index contributed by atoms with van der Waals surface area (Å²) in [5.74, 6) is 0.641. The summed E-state index contributed by atoms with van der Waals surface area (Å²) in [7, 11) is 0. The first kappa shape index (κ1) is 31.8. The highest BCUT2D eigenvalue weighted by Gasteiger charge is 2.18. The number of aromatic nitrogens is 6. The molecule has 11 aromatic rings. The summed E-state index contributed by atoms with van der Waals surface area (Å²) >= 11 is 0. The van der Waals surface area contributed by atoms with E-state index in [4.69, 9.17) is 9.97 Å². The SMILES string of the molecule is c1cncc(-c2cc(-c3cccnc3)nc(-c3ccc(-c4cc(-n5c6ccccc6c6ccccc65)cc(-n5c6ccccc6c6ccccc65)c4)cc3)n2)c1. The van der Waals surface area contributed by atoms with Crippen LogP contribution in [0.5, 0.6) is 0 Å². The second-order valence-corrected chi connectivity index (χ2v) is 14.0. The standard InChI is InChI=1S/C50H32N6/c1-5-17-46-40(13-1)41-14-2-6-18-47(41)55(46)38-27-37(28-39(29-38)56-48-19-7-3-15-42(48)43-16-4-8-20-49(43)56)33-21-23-34(24-22-33)50-53-44(35-11-9-25-51-31-35)30-45(54-50)36-12-10-26-52-32-36/h1-32H. The van der Waals surface area contributed by atoms with Gasteiger partial charge in [-0.05, 0) is 83.9 Å². The van der Waals surface area contributed by atoms with E-state index in [0.717, 1.165) is 50.6 Å². The lowest BCUT2D eigenvalue weighted by Crippen LogP contribution is -2.00. The van der Waals surface area contributed by atoms with Crippen molar-refractivity contribution in [3.05, 3.63) is 195 Å². The van der Waals surface area contributed by atoms with Gasteiger partial charge >= 0.3 is 0 Å². The fourth-order valence-electron chi connectivity index (χ4n) is 8.13. The van der Waals surface area contributed by atoms with Crippen molar-refractivity contribution < 1.29 is 0 Å². The van der Waals surface area contributed by atoms with Crippen LogP contribution in [-0.4, -0.2) is 29.1 Å². The topological polar surface area (TPSA) is 61.4 Å². The Balaban J connectivity index is 1.11. The zero-order chi connectivity index (χ0) is 37.0. The number of pyridine rings is 2. The van der Waals surface area contributed by atoms with E-state index < -0.39 is 0 Å². The third-order valence-corrected chi connectivity index (χ3v) is 10.7. The van der Waals surface area contributed by atoms with Crippen LogP contribution >= 0.6 is 0 Å². The average molecular weight is 717 g/mol. The normalized spacial score (nSPS) is 11.6. The summed E-state index contributed by atoms with van der Waals surface area (Å²) in [4.78, 5) is 18.8. The molecule has 0 fully saturated rings. The van der Waals surface area contributed by atoms with Crippen LogP contribution in [0.4, 0.5) is 0 Å². The van der Waals surface area contributed by atoms with Crippen LogP contribution in [0.25, 0.3) is 100 Å². The van der Waals surface area contributed by atoms with Crippen LogP contribution in [0.15, 0.2) is 195 Å². The molecule has 11 rings (SSSR count). The molecule has 6 aromatic carbocycles. The smallest absolute Gasteiger partial charge is 0.160 e. The Bertz CT molecular complexity index is 2940. The van der Waals surface area contributed by atoms with Gasteiger partial charge in [-0.3, -0.25) is 9.97 Å². The van der Waals surface area contributed by atoms with Crippen LogP contribution in [0, 0.1) is 0 Å². The maximum atomic E-state index is 5.04. The number of hydrogen-bond donors (Lipinski definition) is 0. The minimum atomic E-state index is 0.641. The lowest BCUT2D eigenvalue weighted by Gasteiger charge is -2.16. The van der Waals surface area contributed by atoms with Crippen LogP contribution < -0.4 is 0 Å².